The molecule has 31 heavy (non-hydrogen) atoms. The van der Waals surface area contributed by atoms with Gasteiger partial charge in [-0.05, 0) is 50.4 Å². The van der Waals surface area contributed by atoms with E-state index in [4.69, 9.17) is 4.42 Å². The molecular formula is C24H27N5O2. The maximum absolute atomic E-state index is 12.8. The van der Waals surface area contributed by atoms with Crippen molar-refractivity contribution in [3.8, 4) is 11.5 Å². The van der Waals surface area contributed by atoms with Crippen LogP contribution < -0.4 is 10.5 Å². The molecule has 0 atom stereocenters. The van der Waals surface area contributed by atoms with Crippen LogP contribution in [-0.4, -0.2) is 52.0 Å². The third kappa shape index (κ3) is 3.70. The van der Waals surface area contributed by atoms with Crippen molar-refractivity contribution in [3.05, 3.63) is 58.5 Å². The monoisotopic (exact) mass is 417 g/mol. The Hall–Kier alpha value is -3.19. The van der Waals surface area contributed by atoms with Gasteiger partial charge in [0.15, 0.2) is 11.4 Å². The summed E-state index contributed by atoms with van der Waals surface area (Å²) >= 11 is 0. The number of aromatic nitrogens is 3. The fourth-order valence-corrected chi connectivity index (χ4v) is 4.46. The van der Waals surface area contributed by atoms with Crippen LogP contribution in [0.25, 0.3) is 27.9 Å². The molecule has 1 saturated heterocycles. The van der Waals surface area contributed by atoms with Crippen LogP contribution in [0.3, 0.4) is 0 Å². The predicted octanol–water partition coefficient (Wildman–Crippen LogP) is 3.65. The van der Waals surface area contributed by atoms with Gasteiger partial charge in [0.2, 0.25) is 0 Å². The van der Waals surface area contributed by atoms with Crippen molar-refractivity contribution in [1.29, 1.82) is 0 Å². The highest BCUT2D eigenvalue weighted by molar-refractivity contribution is 5.87. The van der Waals surface area contributed by atoms with Crippen molar-refractivity contribution in [3.63, 3.8) is 0 Å². The third-order valence-electron chi connectivity index (χ3n) is 6.00. The van der Waals surface area contributed by atoms with Crippen LogP contribution in [0.15, 0.2) is 45.9 Å². The highest BCUT2D eigenvalue weighted by Gasteiger charge is 2.18. The van der Waals surface area contributed by atoms with Gasteiger partial charge in [-0.1, -0.05) is 13.0 Å². The molecule has 5 rings (SSSR count). The molecule has 0 aliphatic carbocycles. The van der Waals surface area contributed by atoms with Gasteiger partial charge in [-0.15, -0.1) is 0 Å². The van der Waals surface area contributed by atoms with E-state index in [1.807, 2.05) is 48.8 Å². The van der Waals surface area contributed by atoms with Gasteiger partial charge in [-0.25, -0.2) is 9.78 Å². The van der Waals surface area contributed by atoms with Gasteiger partial charge in [-0.3, -0.25) is 9.88 Å². The predicted molar refractivity (Wildman–Crippen MR) is 123 cm³/mol. The van der Waals surface area contributed by atoms with Gasteiger partial charge < -0.3 is 13.7 Å². The molecule has 3 aromatic heterocycles. The number of nitrogens with zero attached hydrogens (tertiary/aromatic N) is 5. The fraction of sp³-hybridized carbons (Fsp3) is 0.375. The van der Waals surface area contributed by atoms with Crippen LogP contribution in [0.4, 0.5) is 5.69 Å². The summed E-state index contributed by atoms with van der Waals surface area (Å²) < 4.78 is 7.62. The number of aryl methyl sites for hydroxylation is 2. The number of piperazine rings is 1. The Labute approximate surface area is 180 Å². The summed E-state index contributed by atoms with van der Waals surface area (Å²) in [4.78, 5) is 26.8. The van der Waals surface area contributed by atoms with Crippen LogP contribution >= 0.6 is 0 Å². The molecule has 1 aliphatic rings. The molecule has 1 aromatic carbocycles. The number of anilines is 1. The molecule has 0 saturated carbocycles. The number of benzene rings is 1. The second-order valence-corrected chi connectivity index (χ2v) is 8.32. The molecule has 0 radical (unpaired) electrons. The quantitative estimate of drug-likeness (QED) is 0.505. The number of hydrogen-bond donors (Lipinski definition) is 0. The highest BCUT2D eigenvalue weighted by atomic mass is 16.4. The summed E-state index contributed by atoms with van der Waals surface area (Å²) in [6.45, 7) is 11.3. The average molecular weight is 418 g/mol. The summed E-state index contributed by atoms with van der Waals surface area (Å²) in [5, 5.41) is 1.47. The summed E-state index contributed by atoms with van der Waals surface area (Å²) in [5.74, 6) is 0.471. The molecule has 4 heterocycles. The lowest BCUT2D eigenvalue weighted by Gasteiger charge is -2.36. The minimum atomic E-state index is -0.331. The zero-order chi connectivity index (χ0) is 21.5. The first-order valence-corrected chi connectivity index (χ1v) is 10.9. The number of hydrogen-bond acceptors (Lipinski definition) is 6. The number of fused-ring (bicyclic) bond motifs is 2. The van der Waals surface area contributed by atoms with Gasteiger partial charge >= 0.3 is 5.63 Å². The molecule has 0 N–H and O–H groups in total. The summed E-state index contributed by atoms with van der Waals surface area (Å²) in [7, 11) is 0. The SMILES string of the molecule is CCCN1CCN(c2ccc3cc(-c4cn5cc(C)nc(C)c5n4)oc(=O)c3c2)CC1. The third-order valence-corrected chi connectivity index (χ3v) is 6.00. The minimum Gasteiger partial charge on any atom is -0.421 e. The van der Waals surface area contributed by atoms with E-state index in [0.29, 0.717) is 16.8 Å². The first-order valence-electron chi connectivity index (χ1n) is 10.9. The van der Waals surface area contributed by atoms with E-state index in [-0.39, 0.29) is 5.63 Å². The molecule has 0 bridgehead atoms. The number of rotatable bonds is 4. The van der Waals surface area contributed by atoms with Crippen LogP contribution in [0, 0.1) is 13.8 Å². The van der Waals surface area contributed by atoms with E-state index in [2.05, 4.69) is 32.8 Å². The van der Waals surface area contributed by atoms with E-state index < -0.39 is 0 Å². The second kappa shape index (κ2) is 7.81. The van der Waals surface area contributed by atoms with Gasteiger partial charge in [0.05, 0.1) is 16.8 Å². The zero-order valence-electron chi connectivity index (χ0n) is 18.3. The van der Waals surface area contributed by atoms with Crippen molar-refractivity contribution in [1.82, 2.24) is 19.3 Å². The summed E-state index contributed by atoms with van der Waals surface area (Å²) in [6.07, 6.45) is 4.98. The van der Waals surface area contributed by atoms with Gasteiger partial charge in [0.25, 0.3) is 0 Å². The lowest BCUT2D eigenvalue weighted by molar-refractivity contribution is 0.258. The van der Waals surface area contributed by atoms with Crippen LogP contribution in [0.5, 0.6) is 0 Å². The highest BCUT2D eigenvalue weighted by Crippen LogP contribution is 2.26. The molecule has 0 unspecified atom stereocenters. The molecular weight excluding hydrogens is 390 g/mol. The Morgan fingerprint density at radius 3 is 2.61 bits per heavy atom. The average Bonchev–Trinajstić information content (AvgIpc) is 3.19. The van der Waals surface area contributed by atoms with Crippen LogP contribution in [0.2, 0.25) is 0 Å². The van der Waals surface area contributed by atoms with E-state index in [0.717, 1.165) is 60.8 Å². The Morgan fingerprint density at radius 2 is 1.84 bits per heavy atom. The van der Waals surface area contributed by atoms with E-state index in [9.17, 15) is 4.79 Å². The van der Waals surface area contributed by atoms with E-state index in [1.54, 1.807) is 0 Å². The largest absolute Gasteiger partial charge is 0.421 e. The fourth-order valence-electron chi connectivity index (χ4n) is 4.46. The molecule has 1 aliphatic heterocycles. The second-order valence-electron chi connectivity index (χ2n) is 8.32. The van der Waals surface area contributed by atoms with Crippen LogP contribution in [0.1, 0.15) is 24.7 Å². The van der Waals surface area contributed by atoms with Crippen molar-refractivity contribution >= 4 is 22.1 Å². The Balaban J connectivity index is 1.48. The standard InChI is InChI=1S/C24H27N5O2/c1-4-7-27-8-10-28(11-9-27)19-6-5-18-12-22(31-24(30)20(18)13-19)21-15-29-14-16(2)25-17(3)23(29)26-21/h5-6,12-15H,4,7-11H2,1-3H3. The Morgan fingerprint density at radius 1 is 1.03 bits per heavy atom. The summed E-state index contributed by atoms with van der Waals surface area (Å²) in [5.41, 5.74) is 3.90. The molecule has 7 heteroatoms. The van der Waals surface area contributed by atoms with E-state index >= 15 is 0 Å². The molecule has 160 valence electrons. The normalized spacial score (nSPS) is 15.3. The Kier molecular flexibility index (Phi) is 4.98. The molecule has 7 nitrogen and oxygen atoms in total. The Bertz CT molecular complexity index is 1320. The smallest absolute Gasteiger partial charge is 0.344 e. The van der Waals surface area contributed by atoms with Gasteiger partial charge in [-0.2, -0.15) is 0 Å². The lowest BCUT2D eigenvalue weighted by atomic mass is 10.1. The lowest BCUT2D eigenvalue weighted by Crippen LogP contribution is -2.46. The van der Waals surface area contributed by atoms with Crippen molar-refractivity contribution in [2.45, 2.75) is 27.2 Å². The first kappa shape index (κ1) is 19.8. The maximum atomic E-state index is 12.8. The molecule has 0 spiro atoms. The van der Waals surface area contributed by atoms with Crippen molar-refractivity contribution in [2.75, 3.05) is 37.6 Å². The van der Waals surface area contributed by atoms with E-state index in [1.165, 1.54) is 6.42 Å². The van der Waals surface area contributed by atoms with Gasteiger partial charge in [0, 0.05) is 44.3 Å². The molecule has 1 fully saturated rings. The summed E-state index contributed by atoms with van der Waals surface area (Å²) in [6, 6.07) is 7.97. The molecule has 0 amide bonds. The topological polar surface area (TPSA) is 66.9 Å². The molecule has 4 aromatic rings. The maximum Gasteiger partial charge on any atom is 0.344 e. The zero-order valence-corrected chi connectivity index (χ0v) is 18.3. The minimum absolute atomic E-state index is 0.331. The van der Waals surface area contributed by atoms with Gasteiger partial charge in [0.1, 0.15) is 5.69 Å². The van der Waals surface area contributed by atoms with Crippen molar-refractivity contribution < 1.29 is 4.42 Å². The van der Waals surface area contributed by atoms with Crippen molar-refractivity contribution in [2.24, 2.45) is 0 Å². The first-order chi connectivity index (χ1) is 15.0. The number of imidazole rings is 1. The van der Waals surface area contributed by atoms with Crippen LogP contribution in [-0.2, 0) is 0 Å².